The van der Waals surface area contributed by atoms with Crippen LogP contribution in [0, 0.1) is 0 Å². The second-order valence-electron chi connectivity index (χ2n) is 6.32. The Morgan fingerprint density at radius 3 is 2.56 bits per heavy atom. The number of amides is 2. The van der Waals surface area contributed by atoms with Crippen molar-refractivity contribution in [1.82, 2.24) is 15.3 Å². The second-order valence-corrected chi connectivity index (χ2v) is 7.58. The maximum Gasteiger partial charge on any atom is 0.294 e. The van der Waals surface area contributed by atoms with Crippen LogP contribution >= 0.6 is 23.6 Å². The van der Waals surface area contributed by atoms with Gasteiger partial charge in [-0.3, -0.25) is 9.59 Å². The molecule has 0 aliphatic heterocycles. The van der Waals surface area contributed by atoms with E-state index in [0.717, 1.165) is 12.8 Å². The summed E-state index contributed by atoms with van der Waals surface area (Å²) in [6.45, 7) is 0. The van der Waals surface area contributed by atoms with Crippen molar-refractivity contribution in [3.8, 4) is 0 Å². The van der Waals surface area contributed by atoms with E-state index in [2.05, 4.69) is 15.6 Å². The molecule has 0 spiro atoms. The summed E-state index contributed by atoms with van der Waals surface area (Å²) in [5.41, 5.74) is 0.425. The molecular formula is C18H21N5O2S2. The quantitative estimate of drug-likeness (QED) is 0.237. The molecule has 9 heteroatoms. The van der Waals surface area contributed by atoms with Crippen LogP contribution in [0.25, 0.3) is 0 Å². The van der Waals surface area contributed by atoms with Crippen LogP contribution in [0.4, 0.5) is 5.13 Å². The molecule has 1 heterocycles. The number of nitrogens with one attached hydrogen (secondary N) is 2. The lowest BCUT2D eigenvalue weighted by atomic mass is 9.96. The van der Waals surface area contributed by atoms with Crippen molar-refractivity contribution in [3.63, 3.8) is 0 Å². The van der Waals surface area contributed by atoms with Gasteiger partial charge in [-0.1, -0.05) is 37.5 Å². The number of rotatable bonds is 4. The number of imide groups is 1. The average Bonchev–Trinajstić information content (AvgIpc) is 3.16. The normalized spacial score (nSPS) is 14.4. The van der Waals surface area contributed by atoms with Crippen molar-refractivity contribution in [1.29, 1.82) is 0 Å². The molecule has 2 aromatic rings. The first-order chi connectivity index (χ1) is 13.0. The Hall–Kier alpha value is -2.36. The Labute approximate surface area is 166 Å². The molecule has 0 unspecified atom stereocenters. The third-order valence-electron chi connectivity index (χ3n) is 4.34. The minimum absolute atomic E-state index is 0.0924. The summed E-state index contributed by atoms with van der Waals surface area (Å²) in [5.74, 6) is 4.45. The molecule has 1 aliphatic rings. The summed E-state index contributed by atoms with van der Waals surface area (Å²) in [4.78, 5) is 28.9. The number of carbonyl (C=O) groups is 2. The van der Waals surface area contributed by atoms with Gasteiger partial charge in [0.05, 0.1) is 0 Å². The largest absolute Gasteiger partial charge is 0.360 e. The van der Waals surface area contributed by atoms with Crippen molar-refractivity contribution >= 4 is 45.6 Å². The molecule has 0 bridgehead atoms. The van der Waals surface area contributed by atoms with E-state index in [1.165, 1.54) is 30.6 Å². The molecule has 7 nitrogen and oxygen atoms in total. The zero-order valence-electron chi connectivity index (χ0n) is 14.7. The lowest BCUT2D eigenvalue weighted by Gasteiger charge is -2.23. The first-order valence-electron chi connectivity index (χ1n) is 8.76. The smallest absolute Gasteiger partial charge is 0.294 e. The molecule has 1 aliphatic carbocycles. The fourth-order valence-corrected chi connectivity index (χ4v) is 3.95. The number of benzene rings is 1. The number of thiazole rings is 1. The van der Waals surface area contributed by atoms with Crippen LogP contribution in [0.1, 0.15) is 53.0 Å². The van der Waals surface area contributed by atoms with Crippen LogP contribution in [-0.2, 0) is 0 Å². The Morgan fingerprint density at radius 1 is 1.15 bits per heavy atom. The molecule has 4 N–H and O–H groups in total. The van der Waals surface area contributed by atoms with E-state index < -0.39 is 11.8 Å². The molecule has 27 heavy (non-hydrogen) atoms. The number of thiocarbonyl (C=S) groups is 1. The maximum absolute atomic E-state index is 12.4. The zero-order valence-corrected chi connectivity index (χ0v) is 16.3. The van der Waals surface area contributed by atoms with E-state index in [-0.39, 0.29) is 5.69 Å². The first kappa shape index (κ1) is 19.4. The molecule has 0 saturated heterocycles. The number of hydrogen-bond donors (Lipinski definition) is 3. The van der Waals surface area contributed by atoms with Crippen LogP contribution in [-0.4, -0.2) is 33.0 Å². The maximum atomic E-state index is 12.4. The fourth-order valence-electron chi connectivity index (χ4n) is 2.93. The number of carbonyl (C=O) groups excluding carboxylic acids is 2. The SMILES string of the molecule is NN(C(=O)c1ccccc1)C(=O)c1csc(NC(=S)NC2CCCCC2)n1. The van der Waals surface area contributed by atoms with Crippen LogP contribution < -0.4 is 16.5 Å². The third-order valence-corrected chi connectivity index (χ3v) is 5.32. The minimum atomic E-state index is -0.667. The summed E-state index contributed by atoms with van der Waals surface area (Å²) < 4.78 is 0. The number of aromatic nitrogens is 1. The van der Waals surface area contributed by atoms with Gasteiger partial charge in [-0.25, -0.2) is 15.8 Å². The Morgan fingerprint density at radius 2 is 1.85 bits per heavy atom. The van der Waals surface area contributed by atoms with Gasteiger partial charge in [-0.15, -0.1) is 11.3 Å². The minimum Gasteiger partial charge on any atom is -0.360 e. The Bertz CT molecular complexity index is 818. The summed E-state index contributed by atoms with van der Waals surface area (Å²) in [6.07, 6.45) is 5.89. The Balaban J connectivity index is 1.58. The van der Waals surface area contributed by atoms with Crippen LogP contribution in [0.2, 0.25) is 0 Å². The number of anilines is 1. The summed E-state index contributed by atoms with van der Waals surface area (Å²) in [6, 6.07) is 8.76. The van der Waals surface area contributed by atoms with Gasteiger partial charge in [-0.2, -0.15) is 0 Å². The molecule has 1 fully saturated rings. The summed E-state index contributed by atoms with van der Waals surface area (Å²) in [7, 11) is 0. The van der Waals surface area contributed by atoms with Gasteiger partial charge in [0.2, 0.25) is 0 Å². The first-order valence-corrected chi connectivity index (χ1v) is 10.0. The van der Waals surface area contributed by atoms with Crippen LogP contribution in [0.15, 0.2) is 35.7 Å². The lowest BCUT2D eigenvalue weighted by Crippen LogP contribution is -2.42. The lowest BCUT2D eigenvalue weighted by molar-refractivity contribution is 0.0612. The Kier molecular flexibility index (Phi) is 6.49. The number of nitrogens with zero attached hydrogens (tertiary/aromatic N) is 2. The molecule has 142 valence electrons. The van der Waals surface area contributed by atoms with E-state index in [4.69, 9.17) is 18.1 Å². The summed E-state index contributed by atoms with van der Waals surface area (Å²) in [5, 5.41) is 9.37. The van der Waals surface area contributed by atoms with E-state index in [1.807, 2.05) is 0 Å². The van der Waals surface area contributed by atoms with Gasteiger partial charge in [0.25, 0.3) is 11.8 Å². The topological polar surface area (TPSA) is 100 Å². The highest BCUT2D eigenvalue weighted by atomic mass is 32.1. The van der Waals surface area contributed by atoms with E-state index in [1.54, 1.807) is 35.7 Å². The number of nitrogens with two attached hydrogens (primary N) is 1. The average molecular weight is 404 g/mol. The zero-order chi connectivity index (χ0) is 19.2. The van der Waals surface area contributed by atoms with Crippen molar-refractivity contribution < 1.29 is 9.59 Å². The van der Waals surface area contributed by atoms with Gasteiger partial charge in [0.1, 0.15) is 5.69 Å². The fraction of sp³-hybridized carbons (Fsp3) is 0.333. The van der Waals surface area contributed by atoms with Gasteiger partial charge < -0.3 is 10.6 Å². The van der Waals surface area contributed by atoms with E-state index >= 15 is 0 Å². The monoisotopic (exact) mass is 403 g/mol. The number of hydrazine groups is 1. The van der Waals surface area contributed by atoms with E-state index in [0.29, 0.717) is 26.9 Å². The van der Waals surface area contributed by atoms with Crippen molar-refractivity contribution in [2.24, 2.45) is 5.84 Å². The highest BCUT2D eigenvalue weighted by Crippen LogP contribution is 2.19. The molecule has 0 atom stereocenters. The molecule has 3 rings (SSSR count). The highest BCUT2D eigenvalue weighted by molar-refractivity contribution is 7.80. The van der Waals surface area contributed by atoms with Crippen LogP contribution in [0.5, 0.6) is 0 Å². The van der Waals surface area contributed by atoms with Gasteiger partial charge in [0, 0.05) is 17.0 Å². The van der Waals surface area contributed by atoms with Crippen molar-refractivity contribution in [2.45, 2.75) is 38.1 Å². The molecule has 1 aromatic carbocycles. The van der Waals surface area contributed by atoms with Gasteiger partial charge >= 0.3 is 0 Å². The molecule has 0 radical (unpaired) electrons. The van der Waals surface area contributed by atoms with Gasteiger partial charge in [-0.05, 0) is 37.2 Å². The van der Waals surface area contributed by atoms with Gasteiger partial charge in [0.15, 0.2) is 10.2 Å². The number of hydrogen-bond acceptors (Lipinski definition) is 6. The van der Waals surface area contributed by atoms with Crippen LogP contribution in [0.3, 0.4) is 0 Å². The molecule has 1 saturated carbocycles. The molecular weight excluding hydrogens is 382 g/mol. The van der Waals surface area contributed by atoms with E-state index in [9.17, 15) is 9.59 Å². The van der Waals surface area contributed by atoms with Crippen molar-refractivity contribution in [2.75, 3.05) is 5.32 Å². The second kappa shape index (κ2) is 9.03. The third kappa shape index (κ3) is 5.09. The predicted molar refractivity (Wildman–Crippen MR) is 109 cm³/mol. The molecule has 1 aromatic heterocycles. The summed E-state index contributed by atoms with van der Waals surface area (Å²) >= 11 is 6.55. The standard InChI is InChI=1S/C18H21N5O2S2/c19-23(15(24)12-7-3-1-4-8-12)16(25)14-11-27-18(21-14)22-17(26)20-13-9-5-2-6-10-13/h1,3-4,7-8,11,13H,2,5-6,9-10,19H2,(H2,20,21,22,26). The predicted octanol–water partition coefficient (Wildman–Crippen LogP) is 2.92. The molecule has 2 amide bonds. The van der Waals surface area contributed by atoms with Crippen molar-refractivity contribution in [3.05, 3.63) is 47.0 Å². The highest BCUT2D eigenvalue weighted by Gasteiger charge is 2.23.